The molecule has 22 heavy (non-hydrogen) atoms. The van der Waals surface area contributed by atoms with Crippen LogP contribution in [0.2, 0.25) is 0 Å². The number of nitrogens with zero attached hydrogens (tertiary/aromatic N) is 1. The third-order valence-electron chi connectivity index (χ3n) is 3.96. The fraction of sp³-hybridized carbons (Fsp3) is 0.714. The summed E-state index contributed by atoms with van der Waals surface area (Å²) in [5.41, 5.74) is -0.0471. The first-order chi connectivity index (χ1) is 10.2. The number of alkyl halides is 3. The Hall–Kier alpha value is -0.860. The molecule has 0 aromatic heterocycles. The molecule has 0 amide bonds. The van der Waals surface area contributed by atoms with E-state index < -0.39 is 29.2 Å². The molecule has 1 heterocycles. The monoisotopic (exact) mass is 337 g/mol. The summed E-state index contributed by atoms with van der Waals surface area (Å²) in [6, 6.07) is 0. The average Bonchev–Trinajstić information content (AvgIpc) is 2.39. The van der Waals surface area contributed by atoms with Crippen molar-refractivity contribution >= 4 is 11.3 Å². The topological polar surface area (TPSA) is 55.4 Å². The molecule has 8 heteroatoms. The molecular formula is C14H20F3N2O2S-. The highest BCUT2D eigenvalue weighted by Gasteiger charge is 2.39. The van der Waals surface area contributed by atoms with Gasteiger partial charge in [0.15, 0.2) is 0 Å². The standard InChI is InChI=1S/C14H21F3N2O2S/c1-9(2)8-19-12-7-11(14(15,16)17)5-3-10(12)4-6-13(19)18-22(20)21/h5,7,9-10,13,18H,3-4,6,8H2,1-2H3,(H,20,21)/p-1. The van der Waals surface area contributed by atoms with Crippen LogP contribution in [0.4, 0.5) is 13.2 Å². The van der Waals surface area contributed by atoms with E-state index in [2.05, 4.69) is 4.72 Å². The Morgan fingerprint density at radius 2 is 2.14 bits per heavy atom. The maximum atomic E-state index is 13.0. The van der Waals surface area contributed by atoms with Gasteiger partial charge in [-0.05, 0) is 31.3 Å². The Morgan fingerprint density at radius 3 is 2.68 bits per heavy atom. The Labute approximate surface area is 130 Å². The molecule has 1 aliphatic heterocycles. The Balaban J connectivity index is 2.31. The first-order valence-corrected chi connectivity index (χ1v) is 8.37. The molecule has 1 aliphatic carbocycles. The molecular weight excluding hydrogens is 317 g/mol. The van der Waals surface area contributed by atoms with Crippen molar-refractivity contribution in [1.29, 1.82) is 0 Å². The van der Waals surface area contributed by atoms with Gasteiger partial charge in [0.25, 0.3) is 0 Å². The summed E-state index contributed by atoms with van der Waals surface area (Å²) in [5, 5.41) is 0. The van der Waals surface area contributed by atoms with Crippen LogP contribution >= 0.6 is 0 Å². The lowest BCUT2D eigenvalue weighted by Crippen LogP contribution is -2.51. The van der Waals surface area contributed by atoms with Crippen LogP contribution in [0.15, 0.2) is 23.4 Å². The van der Waals surface area contributed by atoms with E-state index in [0.717, 1.165) is 0 Å². The van der Waals surface area contributed by atoms with Crippen molar-refractivity contribution in [2.24, 2.45) is 11.8 Å². The zero-order chi connectivity index (χ0) is 16.5. The average molecular weight is 337 g/mol. The summed E-state index contributed by atoms with van der Waals surface area (Å²) in [4.78, 5) is 1.79. The number of nitrogens with one attached hydrogen (secondary N) is 1. The summed E-state index contributed by atoms with van der Waals surface area (Å²) in [5.74, 6) is 0.243. The maximum absolute atomic E-state index is 13.0. The molecule has 0 bridgehead atoms. The van der Waals surface area contributed by atoms with Gasteiger partial charge in [-0.2, -0.15) is 13.2 Å². The molecule has 2 rings (SSSR count). The van der Waals surface area contributed by atoms with Gasteiger partial charge in [-0.3, -0.25) is 4.21 Å². The van der Waals surface area contributed by atoms with E-state index in [1.165, 1.54) is 12.2 Å². The number of rotatable bonds is 4. The fourth-order valence-electron chi connectivity index (χ4n) is 3.06. The minimum Gasteiger partial charge on any atom is -0.760 e. The number of likely N-dealkylation sites (tertiary alicyclic amines) is 1. The summed E-state index contributed by atoms with van der Waals surface area (Å²) >= 11 is -2.44. The van der Waals surface area contributed by atoms with Gasteiger partial charge < -0.3 is 9.45 Å². The molecule has 1 N–H and O–H groups in total. The number of piperidine rings is 1. The molecule has 0 aromatic rings. The Bertz CT molecular complexity index is 503. The van der Waals surface area contributed by atoms with Crippen molar-refractivity contribution in [3.05, 3.63) is 23.4 Å². The highest BCUT2D eigenvalue weighted by Crippen LogP contribution is 2.40. The second-order valence-electron chi connectivity index (χ2n) is 6.15. The van der Waals surface area contributed by atoms with Gasteiger partial charge in [0.2, 0.25) is 0 Å². The van der Waals surface area contributed by atoms with Gasteiger partial charge >= 0.3 is 6.18 Å². The van der Waals surface area contributed by atoms with E-state index in [-0.39, 0.29) is 11.8 Å². The van der Waals surface area contributed by atoms with Gasteiger partial charge in [-0.15, -0.1) is 0 Å². The third kappa shape index (κ3) is 4.11. The van der Waals surface area contributed by atoms with Gasteiger partial charge in [0, 0.05) is 29.4 Å². The van der Waals surface area contributed by atoms with Gasteiger partial charge in [-0.25, -0.2) is 4.72 Å². The third-order valence-corrected chi connectivity index (χ3v) is 4.43. The summed E-state index contributed by atoms with van der Waals surface area (Å²) in [6.07, 6.45) is -0.810. The highest BCUT2D eigenvalue weighted by molar-refractivity contribution is 7.77. The van der Waals surface area contributed by atoms with Crippen molar-refractivity contribution < 1.29 is 21.9 Å². The van der Waals surface area contributed by atoms with Gasteiger partial charge in [-0.1, -0.05) is 19.9 Å². The number of fused-ring (bicyclic) bond motifs is 1. The van der Waals surface area contributed by atoms with Crippen molar-refractivity contribution in [3.63, 3.8) is 0 Å². The molecule has 4 nitrogen and oxygen atoms in total. The Kier molecular flexibility index (Phi) is 5.34. The van der Waals surface area contributed by atoms with E-state index in [1.54, 1.807) is 4.90 Å². The van der Waals surface area contributed by atoms with Gasteiger partial charge in [0.1, 0.15) is 0 Å². The zero-order valence-electron chi connectivity index (χ0n) is 12.5. The highest BCUT2D eigenvalue weighted by atomic mass is 32.2. The SMILES string of the molecule is CC(C)CN1C2=CC(C(F)(F)F)=CCC2CCC1NS(=O)[O-]. The van der Waals surface area contributed by atoms with Crippen LogP contribution in [0.1, 0.15) is 33.1 Å². The molecule has 126 valence electrons. The molecule has 0 saturated carbocycles. The zero-order valence-corrected chi connectivity index (χ0v) is 13.3. The second-order valence-corrected chi connectivity index (χ2v) is 6.86. The number of hydrogen-bond donors (Lipinski definition) is 1. The van der Waals surface area contributed by atoms with E-state index >= 15 is 0 Å². The molecule has 0 radical (unpaired) electrons. The van der Waals surface area contributed by atoms with Crippen LogP contribution in [0, 0.1) is 11.8 Å². The fourth-order valence-corrected chi connectivity index (χ4v) is 3.53. The number of allylic oxidation sites excluding steroid dienone is 4. The van der Waals surface area contributed by atoms with Crippen molar-refractivity contribution in [2.75, 3.05) is 6.54 Å². The molecule has 0 spiro atoms. The summed E-state index contributed by atoms with van der Waals surface area (Å²) < 4.78 is 63.1. The van der Waals surface area contributed by atoms with Crippen molar-refractivity contribution in [3.8, 4) is 0 Å². The normalized spacial score (nSPS) is 27.3. The van der Waals surface area contributed by atoms with Crippen LogP contribution < -0.4 is 4.72 Å². The first-order valence-electron chi connectivity index (χ1n) is 7.29. The van der Waals surface area contributed by atoms with E-state index in [0.29, 0.717) is 31.5 Å². The molecule has 0 aromatic carbocycles. The predicted octanol–water partition coefficient (Wildman–Crippen LogP) is 2.84. The van der Waals surface area contributed by atoms with Crippen molar-refractivity contribution in [2.45, 2.75) is 45.5 Å². The molecule has 3 atom stereocenters. The molecule has 1 fully saturated rings. The molecule has 1 saturated heterocycles. The second kappa shape index (κ2) is 6.72. The number of hydrogen-bond acceptors (Lipinski definition) is 3. The van der Waals surface area contributed by atoms with Crippen LogP contribution in [0.25, 0.3) is 0 Å². The Morgan fingerprint density at radius 1 is 1.45 bits per heavy atom. The summed E-state index contributed by atoms with van der Waals surface area (Å²) in [6.45, 7) is 4.43. The lowest BCUT2D eigenvalue weighted by molar-refractivity contribution is -0.0892. The lowest BCUT2D eigenvalue weighted by Gasteiger charge is -2.45. The van der Waals surface area contributed by atoms with E-state index in [9.17, 15) is 21.9 Å². The smallest absolute Gasteiger partial charge is 0.416 e. The largest absolute Gasteiger partial charge is 0.760 e. The van der Waals surface area contributed by atoms with Gasteiger partial charge in [0.05, 0.1) is 11.7 Å². The van der Waals surface area contributed by atoms with E-state index in [1.807, 2.05) is 13.8 Å². The number of halogens is 3. The van der Waals surface area contributed by atoms with Crippen LogP contribution in [0.5, 0.6) is 0 Å². The van der Waals surface area contributed by atoms with Crippen LogP contribution in [0.3, 0.4) is 0 Å². The predicted molar refractivity (Wildman–Crippen MR) is 76.9 cm³/mol. The summed E-state index contributed by atoms with van der Waals surface area (Å²) in [7, 11) is 0. The molecule has 3 unspecified atom stereocenters. The van der Waals surface area contributed by atoms with Crippen LogP contribution in [-0.4, -0.2) is 32.5 Å². The quantitative estimate of drug-likeness (QED) is 0.803. The van der Waals surface area contributed by atoms with E-state index in [4.69, 9.17) is 0 Å². The van der Waals surface area contributed by atoms with Crippen LogP contribution in [-0.2, 0) is 11.3 Å². The molecule has 2 aliphatic rings. The minimum atomic E-state index is -4.37. The maximum Gasteiger partial charge on any atom is 0.416 e. The first kappa shape index (κ1) is 17.5. The lowest BCUT2D eigenvalue weighted by atomic mass is 9.84. The minimum absolute atomic E-state index is 0.0305. The van der Waals surface area contributed by atoms with Crippen molar-refractivity contribution in [1.82, 2.24) is 9.62 Å².